The normalized spacial score (nSPS) is 10.7. The number of rotatable bonds is 7. The second-order valence-electron chi connectivity index (χ2n) is 4.07. The molecule has 8 nitrogen and oxygen atoms in total. The van der Waals surface area contributed by atoms with Crippen molar-refractivity contribution >= 4 is 17.3 Å². The molecule has 20 heavy (non-hydrogen) atoms. The van der Waals surface area contributed by atoms with Gasteiger partial charge in [-0.1, -0.05) is 16.8 Å². The molecule has 0 bridgehead atoms. The van der Waals surface area contributed by atoms with Crippen LogP contribution < -0.4 is 10.9 Å². The van der Waals surface area contributed by atoms with E-state index in [2.05, 4.69) is 20.7 Å². The van der Waals surface area contributed by atoms with Crippen molar-refractivity contribution in [1.82, 2.24) is 24.8 Å². The van der Waals surface area contributed by atoms with Crippen LogP contribution >= 0.6 is 11.6 Å². The second kappa shape index (κ2) is 7.01. The smallest absolute Gasteiger partial charge is 0.287 e. The number of anilines is 1. The van der Waals surface area contributed by atoms with Gasteiger partial charge in [0, 0.05) is 19.3 Å². The molecule has 0 fully saturated rings. The van der Waals surface area contributed by atoms with Crippen molar-refractivity contribution < 1.29 is 5.11 Å². The van der Waals surface area contributed by atoms with Crippen LogP contribution in [-0.2, 0) is 13.1 Å². The van der Waals surface area contributed by atoms with Crippen LogP contribution in [0.5, 0.6) is 0 Å². The molecule has 0 saturated heterocycles. The fraction of sp³-hybridized carbons (Fsp3) is 0.455. The second-order valence-corrected chi connectivity index (χ2v) is 4.45. The van der Waals surface area contributed by atoms with Crippen molar-refractivity contribution in [2.45, 2.75) is 19.5 Å². The third-order valence-electron chi connectivity index (χ3n) is 2.65. The molecule has 0 saturated carbocycles. The third kappa shape index (κ3) is 3.55. The van der Waals surface area contributed by atoms with Gasteiger partial charge in [-0.25, -0.2) is 4.68 Å². The Labute approximate surface area is 120 Å². The number of hydrogen-bond acceptors (Lipinski definition) is 6. The molecule has 0 aliphatic carbocycles. The summed E-state index contributed by atoms with van der Waals surface area (Å²) in [4.78, 5) is 11.8. The average Bonchev–Trinajstić information content (AvgIpc) is 2.95. The lowest BCUT2D eigenvalue weighted by molar-refractivity contribution is 0.266. The van der Waals surface area contributed by atoms with Crippen molar-refractivity contribution in [1.29, 1.82) is 0 Å². The Morgan fingerprint density at radius 3 is 2.95 bits per heavy atom. The number of hydrogen-bond donors (Lipinski definition) is 2. The zero-order valence-corrected chi connectivity index (χ0v) is 11.5. The summed E-state index contributed by atoms with van der Waals surface area (Å²) in [7, 11) is 0. The van der Waals surface area contributed by atoms with E-state index in [0.717, 1.165) is 17.6 Å². The Kier molecular flexibility index (Phi) is 5.08. The first-order valence-electron chi connectivity index (χ1n) is 6.17. The standard InChI is InChI=1S/C11H15ClN6O2/c12-10-9(8-15-18(6-7-19)11(10)20)13-2-1-4-17-5-3-14-16-17/h3,5,8,13,19H,1-2,4,6-7H2. The van der Waals surface area contributed by atoms with E-state index in [1.165, 1.54) is 6.20 Å². The van der Waals surface area contributed by atoms with E-state index in [9.17, 15) is 4.79 Å². The van der Waals surface area contributed by atoms with Crippen LogP contribution in [-0.4, -0.2) is 43.0 Å². The summed E-state index contributed by atoms with van der Waals surface area (Å²) in [5.74, 6) is 0. The first-order valence-corrected chi connectivity index (χ1v) is 6.54. The van der Waals surface area contributed by atoms with Gasteiger partial charge in [-0.2, -0.15) is 5.10 Å². The SMILES string of the molecule is O=c1c(Cl)c(NCCCn2ccnn2)cnn1CCO. The van der Waals surface area contributed by atoms with Gasteiger partial charge < -0.3 is 10.4 Å². The van der Waals surface area contributed by atoms with Gasteiger partial charge in [0.25, 0.3) is 5.56 Å². The quantitative estimate of drug-likeness (QED) is 0.697. The minimum atomic E-state index is -0.415. The Morgan fingerprint density at radius 2 is 2.25 bits per heavy atom. The molecular weight excluding hydrogens is 284 g/mol. The van der Waals surface area contributed by atoms with Crippen molar-refractivity contribution in [2.24, 2.45) is 0 Å². The summed E-state index contributed by atoms with van der Waals surface area (Å²) in [6, 6.07) is 0. The summed E-state index contributed by atoms with van der Waals surface area (Å²) in [5, 5.41) is 23.4. The number of aliphatic hydroxyl groups is 1. The molecule has 0 aliphatic heterocycles. The van der Waals surface area contributed by atoms with E-state index in [1.54, 1.807) is 17.1 Å². The molecule has 2 aromatic rings. The number of aryl methyl sites for hydroxylation is 1. The summed E-state index contributed by atoms with van der Waals surface area (Å²) < 4.78 is 2.85. The highest BCUT2D eigenvalue weighted by molar-refractivity contribution is 6.32. The van der Waals surface area contributed by atoms with E-state index < -0.39 is 5.56 Å². The van der Waals surface area contributed by atoms with Crippen LogP contribution in [0.15, 0.2) is 23.4 Å². The van der Waals surface area contributed by atoms with Crippen LogP contribution in [0, 0.1) is 0 Å². The first kappa shape index (κ1) is 14.5. The lowest BCUT2D eigenvalue weighted by Gasteiger charge is -2.09. The van der Waals surface area contributed by atoms with E-state index in [-0.39, 0.29) is 18.2 Å². The summed E-state index contributed by atoms with van der Waals surface area (Å²) >= 11 is 5.97. The van der Waals surface area contributed by atoms with Crippen molar-refractivity contribution in [2.75, 3.05) is 18.5 Å². The predicted molar refractivity (Wildman–Crippen MR) is 73.7 cm³/mol. The monoisotopic (exact) mass is 298 g/mol. The van der Waals surface area contributed by atoms with Crippen LogP contribution in [0.2, 0.25) is 5.02 Å². The minimum Gasteiger partial charge on any atom is -0.394 e. The molecule has 0 atom stereocenters. The molecule has 0 spiro atoms. The lowest BCUT2D eigenvalue weighted by atomic mass is 10.4. The fourth-order valence-electron chi connectivity index (χ4n) is 1.66. The molecule has 108 valence electrons. The molecule has 0 unspecified atom stereocenters. The maximum absolute atomic E-state index is 11.8. The van der Waals surface area contributed by atoms with Crippen LogP contribution in [0.3, 0.4) is 0 Å². The predicted octanol–water partition coefficient (Wildman–Crippen LogP) is -0.0173. The molecular formula is C11H15ClN6O2. The lowest BCUT2D eigenvalue weighted by Crippen LogP contribution is -2.25. The molecule has 0 amide bonds. The van der Waals surface area contributed by atoms with Crippen LogP contribution in [0.4, 0.5) is 5.69 Å². The van der Waals surface area contributed by atoms with Gasteiger partial charge in [0.05, 0.1) is 31.2 Å². The topological polar surface area (TPSA) is 97.9 Å². The Bertz CT molecular complexity index is 597. The highest BCUT2D eigenvalue weighted by atomic mass is 35.5. The number of halogens is 1. The van der Waals surface area contributed by atoms with Gasteiger partial charge in [0.1, 0.15) is 5.02 Å². The zero-order valence-electron chi connectivity index (χ0n) is 10.7. The van der Waals surface area contributed by atoms with Crippen molar-refractivity contribution in [3.63, 3.8) is 0 Å². The number of nitrogens with one attached hydrogen (secondary N) is 1. The highest BCUT2D eigenvalue weighted by Gasteiger charge is 2.08. The molecule has 9 heteroatoms. The van der Waals surface area contributed by atoms with Crippen molar-refractivity contribution in [3.05, 3.63) is 34.0 Å². The summed E-state index contributed by atoms with van der Waals surface area (Å²) in [6.45, 7) is 1.32. The minimum absolute atomic E-state index is 0.0780. The Morgan fingerprint density at radius 1 is 1.40 bits per heavy atom. The molecule has 0 aliphatic rings. The van der Waals surface area contributed by atoms with E-state index in [4.69, 9.17) is 16.7 Å². The van der Waals surface area contributed by atoms with Crippen molar-refractivity contribution in [3.8, 4) is 0 Å². The molecule has 2 aromatic heterocycles. The van der Waals surface area contributed by atoms with Gasteiger partial charge in [-0.3, -0.25) is 9.48 Å². The molecule has 2 rings (SSSR count). The maximum atomic E-state index is 11.8. The highest BCUT2D eigenvalue weighted by Crippen LogP contribution is 2.14. The number of aromatic nitrogens is 5. The molecule has 2 heterocycles. The largest absolute Gasteiger partial charge is 0.394 e. The molecule has 0 aromatic carbocycles. The average molecular weight is 299 g/mol. The fourth-order valence-corrected chi connectivity index (χ4v) is 1.87. The Balaban J connectivity index is 1.89. The third-order valence-corrected chi connectivity index (χ3v) is 3.01. The first-order chi connectivity index (χ1) is 9.72. The number of aliphatic hydroxyl groups excluding tert-OH is 1. The van der Waals surface area contributed by atoms with Gasteiger partial charge in [-0.05, 0) is 6.42 Å². The zero-order chi connectivity index (χ0) is 14.4. The summed E-state index contributed by atoms with van der Waals surface area (Å²) in [5.41, 5.74) is 0.0754. The van der Waals surface area contributed by atoms with Crippen LogP contribution in [0.25, 0.3) is 0 Å². The Hall–Kier alpha value is -1.93. The molecule has 0 radical (unpaired) electrons. The van der Waals surface area contributed by atoms with Gasteiger partial charge in [0.15, 0.2) is 0 Å². The molecule has 2 N–H and O–H groups in total. The van der Waals surface area contributed by atoms with E-state index in [0.29, 0.717) is 12.2 Å². The van der Waals surface area contributed by atoms with Gasteiger partial charge in [-0.15, -0.1) is 5.10 Å². The van der Waals surface area contributed by atoms with Crippen LogP contribution in [0.1, 0.15) is 6.42 Å². The summed E-state index contributed by atoms with van der Waals surface area (Å²) in [6.07, 6.45) is 5.69. The number of nitrogens with zero attached hydrogens (tertiary/aromatic N) is 5. The van der Waals surface area contributed by atoms with Gasteiger partial charge in [0.2, 0.25) is 0 Å². The van der Waals surface area contributed by atoms with E-state index >= 15 is 0 Å². The maximum Gasteiger partial charge on any atom is 0.287 e. The van der Waals surface area contributed by atoms with E-state index in [1.807, 2.05) is 0 Å². The van der Waals surface area contributed by atoms with Gasteiger partial charge >= 0.3 is 0 Å².